The Kier molecular flexibility index (Phi) is 26.0. The number of para-hydroxylation sites is 2. The van der Waals surface area contributed by atoms with Crippen LogP contribution < -0.4 is 9.64 Å². The number of anilines is 1. The molecule has 1 aliphatic carbocycles. The Balaban J connectivity index is 0.000000258. The van der Waals surface area contributed by atoms with Gasteiger partial charge in [0.15, 0.2) is 6.10 Å². The van der Waals surface area contributed by atoms with Crippen molar-refractivity contribution in [1.29, 1.82) is 0 Å². The van der Waals surface area contributed by atoms with Gasteiger partial charge in [-0.1, -0.05) is 105 Å². The van der Waals surface area contributed by atoms with Crippen LogP contribution in [0.5, 0.6) is 5.75 Å². The highest BCUT2D eigenvalue weighted by atomic mass is 32.2. The van der Waals surface area contributed by atoms with Crippen molar-refractivity contribution >= 4 is 83.5 Å². The van der Waals surface area contributed by atoms with Crippen LogP contribution in [0.3, 0.4) is 0 Å². The quantitative estimate of drug-likeness (QED) is 0.0223. The molecule has 2 aromatic heterocycles. The van der Waals surface area contributed by atoms with Crippen molar-refractivity contribution in [2.45, 2.75) is 180 Å². The molecule has 34 heteroatoms. The molecule has 0 radical (unpaired) electrons. The number of H-pyrrole nitrogens is 2. The van der Waals surface area contributed by atoms with Crippen molar-refractivity contribution < 1.29 is 119 Å². The first-order chi connectivity index (χ1) is 57.0. The molecule has 6 aliphatic rings. The maximum absolute atomic E-state index is 16.0. The zero-order valence-electron chi connectivity index (χ0n) is 69.8. The number of aromatic amines is 2. The highest BCUT2D eigenvalue weighted by molar-refractivity contribution is 7.87. The van der Waals surface area contributed by atoms with Gasteiger partial charge in [0, 0.05) is 114 Å². The number of methoxy groups -OCH3 is 4. The van der Waals surface area contributed by atoms with Gasteiger partial charge in [0.25, 0.3) is 20.2 Å². The lowest BCUT2D eigenvalue weighted by atomic mass is 9.47. The molecule has 0 amide bonds. The topological polar surface area (TPSA) is 319 Å². The van der Waals surface area contributed by atoms with Gasteiger partial charge >= 0.3 is 48.2 Å². The smallest absolute Gasteiger partial charge is 0.490 e. The summed E-state index contributed by atoms with van der Waals surface area (Å²) < 4.78 is 190. The summed E-state index contributed by atoms with van der Waals surface area (Å²) in [6, 6.07) is 28.6. The number of esters is 6. The Bertz CT molecular complexity index is 5340. The third-order valence-electron chi connectivity index (χ3n) is 25.6. The van der Waals surface area contributed by atoms with Crippen molar-refractivity contribution in [1.82, 2.24) is 24.7 Å². The molecule has 5 aromatic carbocycles. The van der Waals surface area contributed by atoms with Gasteiger partial charge in [0.2, 0.25) is 5.60 Å². The van der Waals surface area contributed by atoms with E-state index in [-0.39, 0.29) is 72.8 Å². The van der Waals surface area contributed by atoms with Crippen LogP contribution in [-0.4, -0.2) is 232 Å². The number of fused-ring (bicyclic) bond motifs is 7. The molecule has 3 N–H and O–H groups in total. The number of likely N-dealkylation sites (N-methyl/N-ethyl adjacent to an activating group) is 3. The fourth-order valence-electron chi connectivity index (χ4n) is 20.3. The Morgan fingerprint density at radius 3 is 1.62 bits per heavy atom. The third kappa shape index (κ3) is 16.9. The second-order valence-electron chi connectivity index (χ2n) is 33.0. The van der Waals surface area contributed by atoms with Crippen LogP contribution in [0, 0.1) is 31.1 Å². The third-order valence-corrected chi connectivity index (χ3v) is 28.2. The molecule has 13 rings (SSSR count). The van der Waals surface area contributed by atoms with Gasteiger partial charge in [-0.2, -0.15) is 43.2 Å². The predicted molar refractivity (Wildman–Crippen MR) is 432 cm³/mol. The number of rotatable bonds is 19. The van der Waals surface area contributed by atoms with Crippen LogP contribution in [0.15, 0.2) is 131 Å². The molecular weight excluding hydrogens is 1630 g/mol. The SMILES string of the molecule is CC[C@]1(OC(=O)C(F)(F)F)C[C@H](COS(=O)(=O)c2ccc(C)cc2)CC(C(=O)OC)c2[nH]c3ccccc3c2CCN(C)C1.CC[C@]1(OC(=O)C(F)(F)F)C[C@H](COS(=O)(=O)c2ccc(C)cc2)C[C@](C(=O)OC)(c2cc3c(cc2OC)N(C)[C@@H]2C34CCN3CC=C[C@](CC)([C@H]34)[C@@H](OC(C)=O)[C@]2(O)C(=O)OC)c2[nH]c3ccccc3c2CCN(C)C1. The van der Waals surface area contributed by atoms with Crippen LogP contribution in [0.4, 0.5) is 32.0 Å². The van der Waals surface area contributed by atoms with Gasteiger partial charge in [-0.05, 0) is 170 Å². The molecule has 121 heavy (non-hydrogen) atoms. The number of alkyl halides is 6. The second kappa shape index (κ2) is 34.7. The Morgan fingerprint density at radius 1 is 0.603 bits per heavy atom. The monoisotopic (exact) mass is 1730 g/mol. The summed E-state index contributed by atoms with van der Waals surface area (Å²) in [6.07, 6.45) is -8.24. The van der Waals surface area contributed by atoms with E-state index in [1.165, 1.54) is 52.5 Å². The maximum atomic E-state index is 16.0. The summed E-state index contributed by atoms with van der Waals surface area (Å²) in [4.78, 5) is 96.6. The number of hydrogen-bond acceptors (Lipinski definition) is 24. The number of nitrogens with one attached hydrogen (secondary N) is 2. The van der Waals surface area contributed by atoms with Crippen molar-refractivity contribution in [3.8, 4) is 5.75 Å². The van der Waals surface area contributed by atoms with Crippen LogP contribution >= 0.6 is 0 Å². The summed E-state index contributed by atoms with van der Waals surface area (Å²) in [5, 5.41) is 15.1. The van der Waals surface area contributed by atoms with Crippen molar-refractivity contribution in [3.63, 3.8) is 0 Å². The Morgan fingerprint density at radius 2 is 1.12 bits per heavy atom. The highest BCUT2D eigenvalue weighted by Crippen LogP contribution is 2.68. The molecule has 26 nitrogen and oxygen atoms in total. The van der Waals surface area contributed by atoms with E-state index in [1.807, 2.05) is 73.7 Å². The normalized spacial score (nSPS) is 27.4. The average molecular weight is 1730 g/mol. The minimum atomic E-state index is -5.40. The summed E-state index contributed by atoms with van der Waals surface area (Å²) in [5.74, 6) is -10.9. The highest BCUT2D eigenvalue weighted by Gasteiger charge is 2.80. The second-order valence-corrected chi connectivity index (χ2v) is 36.2. The molecule has 656 valence electrons. The molecule has 7 aromatic rings. The predicted octanol–water partition coefficient (Wildman–Crippen LogP) is 11.7. The van der Waals surface area contributed by atoms with Crippen molar-refractivity contribution in [2.24, 2.45) is 17.3 Å². The molecule has 12 atom stereocenters. The molecule has 2 fully saturated rings. The van der Waals surface area contributed by atoms with E-state index in [1.54, 1.807) is 93.9 Å². The lowest BCUT2D eigenvalue weighted by Gasteiger charge is -2.63. The van der Waals surface area contributed by atoms with Gasteiger partial charge in [-0.25, -0.2) is 14.4 Å². The Hall–Kier alpha value is -9.42. The molecule has 0 bridgehead atoms. The first-order valence-electron chi connectivity index (χ1n) is 40.2. The zero-order valence-corrected chi connectivity index (χ0v) is 71.4. The van der Waals surface area contributed by atoms with E-state index < -0.39 is 163 Å². The number of carbonyl (C=O) groups is 6. The minimum Gasteiger partial charge on any atom is -0.496 e. The number of aryl methyl sites for hydroxylation is 2. The molecule has 7 heterocycles. The summed E-state index contributed by atoms with van der Waals surface area (Å²) >= 11 is 0. The molecule has 5 aliphatic heterocycles. The first-order valence-corrected chi connectivity index (χ1v) is 43.0. The number of aromatic nitrogens is 2. The number of ether oxygens (including phenoxy) is 7. The first kappa shape index (κ1) is 90.8. The zero-order chi connectivity index (χ0) is 88.1. The van der Waals surface area contributed by atoms with Crippen LogP contribution in [-0.2, 0) is 109 Å². The largest absolute Gasteiger partial charge is 0.496 e. The molecule has 1 spiro atoms. The van der Waals surface area contributed by atoms with Gasteiger partial charge in [-0.15, -0.1) is 0 Å². The van der Waals surface area contributed by atoms with Crippen molar-refractivity contribution in [3.05, 3.63) is 166 Å². The molecule has 1 saturated carbocycles. The van der Waals surface area contributed by atoms with E-state index in [0.717, 1.165) is 34.7 Å². The van der Waals surface area contributed by atoms with Gasteiger partial charge in [-0.3, -0.25) is 27.6 Å². The summed E-state index contributed by atoms with van der Waals surface area (Å²) in [5.41, 5.74) is -3.90. The van der Waals surface area contributed by atoms with Crippen LogP contribution in [0.1, 0.15) is 130 Å². The molecule has 2 unspecified atom stereocenters. The average Bonchev–Trinajstić information content (AvgIpc) is 1.49. The van der Waals surface area contributed by atoms with E-state index in [2.05, 4.69) is 14.9 Å². The minimum absolute atomic E-state index is 0.00249. The Labute approximate surface area is 699 Å². The standard InChI is InChI=1S/C56H67F3N4O13S.C31H37F3N2O7S/c1-10-51(76-50(67)56(57,58)59)29-35(31-74-77(69,70)36-19-17-33(3)18-20-36)30-54(48(65)72-8,44-38(21-25-61(5)32-51)37-15-12-13-16-41(37)60-44)40-27-39-42(28-43(40)71-7)62(6)46-53(39)23-26-63-24-14-22-52(11-2,45(53)63)47(75-34(4)64)55(46,68)49(66)73-9;1-5-30(43-29(38)31(32,33)34)17-21(18-42-44(39,40)22-12-10-20(2)11-13-22)16-25(28(37)41-4)27-24(14-15-36(3)19-30)23-8-6-7-9-26(23)35-27/h12-20,22,27-28,35,45-47,60,68H,10-11,21,23-26,29-32H2,1-9H3;6-13,21,25,35H,5,14-19H2,1-4H3/t35-,45-,46+,47+,51-,52+,53?,54-,55-;21-,25?,30+/m01/s1. The van der Waals surface area contributed by atoms with Gasteiger partial charge in [0.1, 0.15) is 22.4 Å². The maximum Gasteiger partial charge on any atom is 0.490 e. The van der Waals surface area contributed by atoms with Gasteiger partial charge in [0.05, 0.1) is 63.4 Å². The molecule has 1 saturated heterocycles. The fourth-order valence-corrected chi connectivity index (χ4v) is 22.3. The summed E-state index contributed by atoms with van der Waals surface area (Å²) in [6.45, 7) is 9.90. The number of hydrogen-bond donors (Lipinski definition) is 3. The van der Waals surface area contributed by atoms with E-state index in [9.17, 15) is 72.3 Å². The van der Waals surface area contributed by atoms with Crippen LogP contribution in [0.25, 0.3) is 21.8 Å². The van der Waals surface area contributed by atoms with Crippen molar-refractivity contribution in [2.75, 3.05) is 107 Å². The van der Waals surface area contributed by atoms with E-state index in [4.69, 9.17) is 41.5 Å². The lowest BCUT2D eigenvalue weighted by molar-refractivity contribution is -0.228. The van der Waals surface area contributed by atoms with Gasteiger partial charge < -0.3 is 62.9 Å². The fraction of sp³-hybridized carbons (Fsp3) is 0.517. The summed E-state index contributed by atoms with van der Waals surface area (Å²) in [7, 11) is 1.26. The molecular formula is C87H104F6N6O20S2. The van der Waals surface area contributed by atoms with E-state index >= 15 is 4.79 Å². The number of nitrogens with zero attached hydrogens (tertiary/aromatic N) is 4. The lowest BCUT2D eigenvalue weighted by Crippen LogP contribution is -2.81. The van der Waals surface area contributed by atoms with Crippen LogP contribution in [0.2, 0.25) is 0 Å². The number of benzene rings is 5. The number of carbonyl (C=O) groups excluding carboxylic acids is 6. The number of halogens is 6. The van der Waals surface area contributed by atoms with E-state index in [0.29, 0.717) is 78.0 Å². The number of aliphatic hydroxyl groups is 1.